The molecule has 1 aliphatic heterocycles. The van der Waals surface area contributed by atoms with Gasteiger partial charge in [-0.05, 0) is 48.7 Å². The summed E-state index contributed by atoms with van der Waals surface area (Å²) < 4.78 is 10.8. The van der Waals surface area contributed by atoms with Gasteiger partial charge < -0.3 is 14.4 Å². The number of methoxy groups -OCH3 is 2. The van der Waals surface area contributed by atoms with Crippen molar-refractivity contribution in [2.75, 3.05) is 27.8 Å². The summed E-state index contributed by atoms with van der Waals surface area (Å²) in [6, 6.07) is 15.0. The van der Waals surface area contributed by atoms with Gasteiger partial charge in [0.1, 0.15) is 18.0 Å². The lowest BCUT2D eigenvalue weighted by Crippen LogP contribution is -2.39. The summed E-state index contributed by atoms with van der Waals surface area (Å²) >= 11 is 0. The standard InChI is InChI=1S/C24H27N3O4/c1-26(24(29)17-8-9-17)15-23(28)27-21(19-6-4-5-7-22(19)31-3)14-20(25-27)16-10-12-18(30-2)13-11-16/h4-7,10-13,17,21H,8-9,14-15H2,1-3H3. The smallest absolute Gasteiger partial charge is 0.262 e. The summed E-state index contributed by atoms with van der Waals surface area (Å²) in [6.07, 6.45) is 2.37. The normalized spacial score (nSPS) is 17.8. The molecule has 1 unspecified atom stereocenters. The molecule has 31 heavy (non-hydrogen) atoms. The molecular formula is C24H27N3O4. The number of benzene rings is 2. The van der Waals surface area contributed by atoms with Crippen LogP contribution < -0.4 is 9.47 Å². The van der Waals surface area contributed by atoms with E-state index in [9.17, 15) is 9.59 Å². The summed E-state index contributed by atoms with van der Waals surface area (Å²) in [5.74, 6) is 1.35. The molecule has 2 aromatic carbocycles. The van der Waals surface area contributed by atoms with Gasteiger partial charge in [0.15, 0.2) is 0 Å². The zero-order valence-electron chi connectivity index (χ0n) is 18.1. The number of amides is 2. The molecule has 1 saturated carbocycles. The highest BCUT2D eigenvalue weighted by atomic mass is 16.5. The SMILES string of the molecule is COc1ccc(C2=NN(C(=O)CN(C)C(=O)C3CC3)C(c3ccccc3OC)C2)cc1. The van der Waals surface area contributed by atoms with Crippen LogP contribution in [0.1, 0.15) is 36.4 Å². The molecule has 0 aromatic heterocycles. The maximum atomic E-state index is 13.2. The molecule has 7 nitrogen and oxygen atoms in total. The van der Waals surface area contributed by atoms with E-state index in [0.29, 0.717) is 12.2 Å². The van der Waals surface area contributed by atoms with Gasteiger partial charge in [0.25, 0.3) is 5.91 Å². The van der Waals surface area contributed by atoms with Crippen LogP contribution in [0.2, 0.25) is 0 Å². The van der Waals surface area contributed by atoms with Gasteiger partial charge in [-0.15, -0.1) is 0 Å². The highest BCUT2D eigenvalue weighted by Gasteiger charge is 2.37. The average Bonchev–Trinajstić information content (AvgIpc) is 3.56. The Labute approximate surface area is 182 Å². The van der Waals surface area contributed by atoms with Crippen molar-refractivity contribution in [3.63, 3.8) is 0 Å². The molecule has 1 fully saturated rings. The van der Waals surface area contributed by atoms with E-state index in [1.54, 1.807) is 21.3 Å². The monoisotopic (exact) mass is 421 g/mol. The number of para-hydroxylation sites is 1. The Morgan fingerprint density at radius 1 is 1.06 bits per heavy atom. The van der Waals surface area contributed by atoms with Crippen molar-refractivity contribution in [2.24, 2.45) is 11.0 Å². The van der Waals surface area contributed by atoms with Gasteiger partial charge in [-0.2, -0.15) is 5.10 Å². The van der Waals surface area contributed by atoms with Crippen LogP contribution in [0.25, 0.3) is 0 Å². The number of nitrogens with zero attached hydrogens (tertiary/aromatic N) is 3. The Kier molecular flexibility index (Phi) is 5.93. The molecule has 0 saturated heterocycles. The first-order valence-corrected chi connectivity index (χ1v) is 10.4. The highest BCUT2D eigenvalue weighted by Crippen LogP contribution is 2.38. The summed E-state index contributed by atoms with van der Waals surface area (Å²) in [5.41, 5.74) is 2.63. The van der Waals surface area contributed by atoms with E-state index in [0.717, 1.165) is 35.4 Å². The minimum Gasteiger partial charge on any atom is -0.497 e. The third-order valence-electron chi connectivity index (χ3n) is 5.76. The van der Waals surface area contributed by atoms with Gasteiger partial charge in [0.05, 0.1) is 26.0 Å². The first-order chi connectivity index (χ1) is 15.0. The predicted molar refractivity (Wildman–Crippen MR) is 117 cm³/mol. The van der Waals surface area contributed by atoms with Gasteiger partial charge in [0.2, 0.25) is 5.91 Å². The van der Waals surface area contributed by atoms with Crippen LogP contribution in [0, 0.1) is 5.92 Å². The van der Waals surface area contributed by atoms with E-state index in [2.05, 4.69) is 5.10 Å². The van der Waals surface area contributed by atoms with Crippen LogP contribution in [0.4, 0.5) is 0 Å². The van der Waals surface area contributed by atoms with Crippen molar-refractivity contribution in [3.05, 3.63) is 59.7 Å². The molecular weight excluding hydrogens is 394 g/mol. The molecule has 0 spiro atoms. The Balaban J connectivity index is 1.62. The minimum absolute atomic E-state index is 0.000372. The maximum Gasteiger partial charge on any atom is 0.262 e. The molecule has 162 valence electrons. The Morgan fingerprint density at radius 3 is 2.42 bits per heavy atom. The van der Waals surface area contributed by atoms with Crippen LogP contribution in [0.15, 0.2) is 53.6 Å². The van der Waals surface area contributed by atoms with E-state index in [-0.39, 0.29) is 30.3 Å². The molecule has 7 heteroatoms. The number of hydrazone groups is 1. The van der Waals surface area contributed by atoms with Crippen molar-refractivity contribution in [3.8, 4) is 11.5 Å². The molecule has 1 atom stereocenters. The minimum atomic E-state index is -0.301. The third kappa shape index (κ3) is 4.40. The van der Waals surface area contributed by atoms with Crippen LogP contribution in [0.3, 0.4) is 0 Å². The van der Waals surface area contributed by atoms with Crippen molar-refractivity contribution in [1.82, 2.24) is 9.91 Å². The summed E-state index contributed by atoms with van der Waals surface area (Å²) in [4.78, 5) is 27.1. The van der Waals surface area contributed by atoms with E-state index in [4.69, 9.17) is 9.47 Å². The molecule has 2 aliphatic rings. The van der Waals surface area contributed by atoms with Gasteiger partial charge in [-0.3, -0.25) is 9.59 Å². The van der Waals surface area contributed by atoms with E-state index < -0.39 is 0 Å². The molecule has 1 aliphatic carbocycles. The largest absolute Gasteiger partial charge is 0.497 e. The van der Waals surface area contributed by atoms with Crippen molar-refractivity contribution in [2.45, 2.75) is 25.3 Å². The summed E-state index contributed by atoms with van der Waals surface area (Å²) in [6.45, 7) is 0.000372. The quantitative estimate of drug-likeness (QED) is 0.688. The van der Waals surface area contributed by atoms with Crippen LogP contribution in [0.5, 0.6) is 11.5 Å². The Bertz CT molecular complexity index is 998. The van der Waals surface area contributed by atoms with Gasteiger partial charge in [0, 0.05) is 24.9 Å². The van der Waals surface area contributed by atoms with Crippen molar-refractivity contribution < 1.29 is 19.1 Å². The lowest BCUT2D eigenvalue weighted by atomic mass is 9.97. The van der Waals surface area contributed by atoms with Crippen molar-refractivity contribution in [1.29, 1.82) is 0 Å². The second-order valence-corrected chi connectivity index (χ2v) is 7.94. The van der Waals surface area contributed by atoms with Crippen LogP contribution >= 0.6 is 0 Å². The van der Waals surface area contributed by atoms with Crippen molar-refractivity contribution >= 4 is 17.5 Å². The predicted octanol–water partition coefficient (Wildman–Crippen LogP) is 3.25. The third-order valence-corrected chi connectivity index (χ3v) is 5.76. The fraction of sp³-hybridized carbons (Fsp3) is 0.375. The van der Waals surface area contributed by atoms with Gasteiger partial charge >= 0.3 is 0 Å². The zero-order valence-corrected chi connectivity index (χ0v) is 18.1. The molecule has 0 N–H and O–H groups in total. The highest BCUT2D eigenvalue weighted by molar-refractivity contribution is 6.03. The van der Waals surface area contributed by atoms with Gasteiger partial charge in [-0.25, -0.2) is 5.01 Å². The number of likely N-dealkylation sites (N-methyl/N-ethyl adjacent to an activating group) is 1. The summed E-state index contributed by atoms with van der Waals surface area (Å²) in [7, 11) is 4.92. The number of hydrogen-bond donors (Lipinski definition) is 0. The first kappa shape index (κ1) is 20.9. The van der Waals surface area contributed by atoms with E-state index in [1.807, 2.05) is 48.5 Å². The lowest BCUT2D eigenvalue weighted by Gasteiger charge is -2.26. The maximum absolute atomic E-state index is 13.2. The molecule has 0 bridgehead atoms. The number of rotatable bonds is 7. The molecule has 2 aromatic rings. The van der Waals surface area contributed by atoms with Crippen LogP contribution in [-0.2, 0) is 9.59 Å². The number of hydrogen-bond acceptors (Lipinski definition) is 5. The number of ether oxygens (including phenoxy) is 2. The molecule has 2 amide bonds. The molecule has 4 rings (SSSR count). The Morgan fingerprint density at radius 2 is 1.77 bits per heavy atom. The second kappa shape index (κ2) is 8.79. The number of carbonyl (C=O) groups excluding carboxylic acids is 2. The fourth-order valence-electron chi connectivity index (χ4n) is 3.88. The average molecular weight is 421 g/mol. The number of carbonyl (C=O) groups is 2. The van der Waals surface area contributed by atoms with Gasteiger partial charge in [-0.1, -0.05) is 18.2 Å². The second-order valence-electron chi connectivity index (χ2n) is 7.94. The fourth-order valence-corrected chi connectivity index (χ4v) is 3.88. The van der Waals surface area contributed by atoms with E-state index in [1.165, 1.54) is 9.91 Å². The first-order valence-electron chi connectivity index (χ1n) is 10.4. The van der Waals surface area contributed by atoms with E-state index >= 15 is 0 Å². The van der Waals surface area contributed by atoms with Crippen LogP contribution in [-0.4, -0.2) is 55.2 Å². The Hall–Kier alpha value is -3.35. The zero-order chi connectivity index (χ0) is 22.0. The summed E-state index contributed by atoms with van der Waals surface area (Å²) in [5, 5.41) is 6.19. The topological polar surface area (TPSA) is 71.4 Å². The lowest BCUT2D eigenvalue weighted by molar-refractivity contribution is -0.141. The molecule has 0 radical (unpaired) electrons. The molecule has 1 heterocycles.